The highest BCUT2D eigenvalue weighted by atomic mass is 31.3. The topological polar surface area (TPSA) is 467 Å². The smallest absolute Gasteiger partial charge is 0.326 e. The molecule has 0 aromatic heterocycles. The summed E-state index contributed by atoms with van der Waals surface area (Å²) >= 11 is 0. The summed E-state index contributed by atoms with van der Waals surface area (Å²) < 4.78 is 67.1. The number of rotatable bonds is 51. The van der Waals surface area contributed by atoms with Gasteiger partial charge in [-0.15, -0.1) is 0 Å². The number of hydrogen-bond donors (Lipinski definition) is 12. The van der Waals surface area contributed by atoms with Crippen LogP contribution in [-0.4, -0.2) is 221 Å². The zero-order valence-corrected chi connectivity index (χ0v) is 46.7. The minimum absolute atomic E-state index is 0.0786. The van der Waals surface area contributed by atoms with Crippen LogP contribution in [0.2, 0.25) is 0 Å². The molecule has 3 amide bonds. The second-order valence-electron chi connectivity index (χ2n) is 16.3. The fourth-order valence-corrected chi connectivity index (χ4v) is 16.3. The predicted octanol–water partition coefficient (Wildman–Crippen LogP) is 1.29. The molecular formula is C42H78N9O24P3. The number of ether oxygens (including phenoxy) is 6. The normalized spacial score (nSPS) is 19.0. The molecule has 0 aromatic carbocycles. The van der Waals surface area contributed by atoms with Crippen molar-refractivity contribution in [2.45, 2.75) is 96.7 Å². The molecule has 0 saturated heterocycles. The van der Waals surface area contributed by atoms with E-state index in [1.165, 1.54) is 0 Å². The molecule has 33 nitrogen and oxygen atoms in total. The van der Waals surface area contributed by atoms with E-state index in [9.17, 15) is 73.8 Å². The summed E-state index contributed by atoms with van der Waals surface area (Å²) in [6.45, 7) is 3.38. The third kappa shape index (κ3) is 33.1. The van der Waals surface area contributed by atoms with Crippen molar-refractivity contribution in [2.24, 2.45) is 13.5 Å². The van der Waals surface area contributed by atoms with Crippen LogP contribution in [0.5, 0.6) is 0 Å². The Hall–Kier alpha value is -4.56. The SMILES string of the molecule is CCCOCCOCCOP1(NCC(=O)N[C@@H](CCC(=O)O)C(=O)O)=NP(NCC(=O)N[C@@H](CCC(=O)O)C(=O)O)(OCCOCCOCCC)=NP(NCC(=O)N[C@@H](CCC(=O)O)C(=O)O)(OCCOCCOCCC)=N1. The summed E-state index contributed by atoms with van der Waals surface area (Å²) in [4.78, 5) is 111. The lowest BCUT2D eigenvalue weighted by atomic mass is 10.1. The minimum atomic E-state index is -4.44. The molecule has 1 rings (SSSR count). The molecule has 0 saturated carbocycles. The van der Waals surface area contributed by atoms with Crippen molar-refractivity contribution in [1.29, 1.82) is 0 Å². The highest BCUT2D eigenvalue weighted by Gasteiger charge is 2.42. The first-order valence-corrected chi connectivity index (χ1v) is 29.8. The Bertz CT molecular complexity index is 1830. The average Bonchev–Trinajstić information content (AvgIpc) is 3.39. The number of nitrogens with one attached hydrogen (secondary N) is 6. The van der Waals surface area contributed by atoms with Gasteiger partial charge in [-0.2, -0.15) is 13.5 Å². The third-order valence-corrected chi connectivity index (χ3v) is 18.7. The van der Waals surface area contributed by atoms with Crippen LogP contribution in [-0.2, 0) is 85.1 Å². The standard InChI is InChI=1S/C42H78N9O24P3/c1-4-13-67-16-19-70-22-25-73-76(43-28-34(52)46-31(40(61)62)7-10-37(55)56)49-77(74-26-23-71-20-17-68-14-5-2,44-29-35(53)47-32(41(63)64)8-11-38(57)58)51-78(50-76,75-27-24-72-21-18-69-15-6-3)45-30-36(54)48-33(42(65)66)9-12-39(59)60/h31-33,43-45H,4-30H2,1-3H3,(H,46,52)(H,47,53)(H,48,54)(H,55,56)(H,57,58)(H,59,60)(H,61,62)(H,63,64)(H,65,66)/t31-,32-,33-,76?,77?,78?/m0/s1. The number of carbonyl (C=O) groups is 9. The molecule has 1 aliphatic heterocycles. The van der Waals surface area contributed by atoms with Crippen LogP contribution in [0.4, 0.5) is 0 Å². The molecule has 0 unspecified atom stereocenters. The van der Waals surface area contributed by atoms with Crippen molar-refractivity contribution in [3.05, 3.63) is 0 Å². The molecular weight excluding hydrogens is 1110 g/mol. The van der Waals surface area contributed by atoms with Gasteiger partial charge in [-0.1, -0.05) is 20.8 Å². The number of hydrogen-bond acceptors (Lipinski definition) is 24. The number of carboxylic acid groups (broad SMARTS) is 6. The highest BCUT2D eigenvalue weighted by molar-refractivity contribution is 7.81. The van der Waals surface area contributed by atoms with Crippen LogP contribution in [0.1, 0.15) is 78.6 Å². The maximum atomic E-state index is 13.7. The first-order valence-electron chi connectivity index (χ1n) is 24.9. The van der Waals surface area contributed by atoms with Gasteiger partial charge in [0.25, 0.3) is 22.7 Å². The van der Waals surface area contributed by atoms with Gasteiger partial charge in [0.2, 0.25) is 17.7 Å². The van der Waals surface area contributed by atoms with Gasteiger partial charge in [-0.05, 0) is 38.5 Å². The van der Waals surface area contributed by atoms with Crippen LogP contribution in [0.3, 0.4) is 0 Å². The third-order valence-electron chi connectivity index (χ3n) is 9.56. The molecule has 3 atom stereocenters. The van der Waals surface area contributed by atoms with Crippen molar-refractivity contribution in [3.63, 3.8) is 0 Å². The van der Waals surface area contributed by atoms with Gasteiger partial charge >= 0.3 is 35.8 Å². The zero-order valence-electron chi connectivity index (χ0n) is 44.0. The lowest BCUT2D eigenvalue weighted by Crippen LogP contribution is -2.45. The zero-order chi connectivity index (χ0) is 58.2. The molecule has 1 aliphatic rings. The molecule has 0 radical (unpaired) electrons. The van der Waals surface area contributed by atoms with Gasteiger partial charge in [-0.25, -0.2) is 29.6 Å². The average molecular weight is 1190 g/mol. The number of nitrogens with zero attached hydrogens (tertiary/aromatic N) is 3. The van der Waals surface area contributed by atoms with Gasteiger partial charge in [0.15, 0.2) is 0 Å². The van der Waals surface area contributed by atoms with Crippen LogP contribution in [0.15, 0.2) is 13.5 Å². The van der Waals surface area contributed by atoms with Gasteiger partial charge in [-0.3, -0.25) is 28.8 Å². The number of amides is 3. The Kier molecular flexibility index (Phi) is 38.0. The molecule has 0 bridgehead atoms. The summed E-state index contributed by atoms with van der Waals surface area (Å²) in [5.41, 5.74) is 0. The minimum Gasteiger partial charge on any atom is -0.481 e. The van der Waals surface area contributed by atoms with Crippen molar-refractivity contribution in [3.8, 4) is 0 Å². The molecule has 0 aliphatic carbocycles. The van der Waals surface area contributed by atoms with Crippen LogP contribution in [0, 0.1) is 0 Å². The summed E-state index contributed by atoms with van der Waals surface area (Å²) in [6.07, 6.45) is -1.31. The van der Waals surface area contributed by atoms with E-state index in [-0.39, 0.29) is 59.5 Å². The Morgan fingerprint density at radius 2 is 0.577 bits per heavy atom. The van der Waals surface area contributed by atoms with Crippen molar-refractivity contribution in [2.75, 3.05) is 119 Å². The van der Waals surface area contributed by atoms with E-state index in [2.05, 4.69) is 31.2 Å². The second kappa shape index (κ2) is 41.5. The molecule has 0 fully saturated rings. The van der Waals surface area contributed by atoms with Crippen LogP contribution < -0.4 is 31.2 Å². The van der Waals surface area contributed by atoms with Crippen molar-refractivity contribution >= 4 is 76.3 Å². The molecule has 1 heterocycles. The van der Waals surface area contributed by atoms with Gasteiger partial charge in [0.05, 0.1) is 98.9 Å². The van der Waals surface area contributed by atoms with Gasteiger partial charge in [0.1, 0.15) is 18.1 Å². The molecule has 0 aromatic rings. The van der Waals surface area contributed by atoms with E-state index in [1.54, 1.807) is 0 Å². The maximum absolute atomic E-state index is 13.7. The monoisotopic (exact) mass is 1190 g/mol. The molecule has 78 heavy (non-hydrogen) atoms. The Morgan fingerprint density at radius 3 is 0.782 bits per heavy atom. The van der Waals surface area contributed by atoms with E-state index in [0.717, 1.165) is 19.3 Å². The Balaban J connectivity index is 4.31. The summed E-state index contributed by atoms with van der Waals surface area (Å²) in [7, 11) is -13.3. The summed E-state index contributed by atoms with van der Waals surface area (Å²) in [5, 5.41) is 72.3. The quantitative estimate of drug-likeness (QED) is 0.0301. The van der Waals surface area contributed by atoms with E-state index in [0.29, 0.717) is 19.8 Å². The largest absolute Gasteiger partial charge is 0.481 e. The lowest BCUT2D eigenvalue weighted by Gasteiger charge is -2.35. The highest BCUT2D eigenvalue weighted by Crippen LogP contribution is 2.75. The lowest BCUT2D eigenvalue weighted by molar-refractivity contribution is -0.143. The predicted molar refractivity (Wildman–Crippen MR) is 275 cm³/mol. The summed E-state index contributed by atoms with van der Waals surface area (Å²) in [5.74, 6) is -11.9. The molecule has 12 N–H and O–H groups in total. The fourth-order valence-electron chi connectivity index (χ4n) is 5.93. The van der Waals surface area contributed by atoms with Crippen molar-refractivity contribution < 1.29 is 116 Å². The Labute approximate surface area is 451 Å². The van der Waals surface area contributed by atoms with Crippen LogP contribution in [0.25, 0.3) is 0 Å². The van der Waals surface area contributed by atoms with Gasteiger partial charge < -0.3 is 88.6 Å². The first-order chi connectivity index (χ1) is 37.1. The number of carbonyl (C=O) groups excluding carboxylic acids is 3. The fraction of sp³-hybridized carbons (Fsp3) is 0.786. The molecule has 450 valence electrons. The maximum Gasteiger partial charge on any atom is 0.326 e. The molecule has 0 spiro atoms. The second-order valence-corrected chi connectivity index (χ2v) is 23.4. The van der Waals surface area contributed by atoms with Crippen molar-refractivity contribution in [1.82, 2.24) is 31.2 Å². The molecule has 36 heteroatoms. The summed E-state index contributed by atoms with van der Waals surface area (Å²) in [6, 6.07) is -5.11. The Morgan fingerprint density at radius 1 is 0.359 bits per heavy atom. The van der Waals surface area contributed by atoms with Gasteiger partial charge in [0, 0.05) is 39.1 Å². The van der Waals surface area contributed by atoms with Crippen LogP contribution >= 0.6 is 22.7 Å². The van der Waals surface area contributed by atoms with E-state index >= 15 is 0 Å². The van der Waals surface area contributed by atoms with E-state index < -0.39 is 172 Å². The first kappa shape index (κ1) is 71.5. The number of carboxylic acids is 6. The number of aliphatic carboxylic acids is 6. The van der Waals surface area contributed by atoms with E-state index in [1.807, 2.05) is 20.8 Å². The van der Waals surface area contributed by atoms with E-state index in [4.69, 9.17) is 55.5 Å².